The molecule has 1 atom stereocenters. The third-order valence-electron chi connectivity index (χ3n) is 3.68. The normalized spacial score (nSPS) is 18.4. The van der Waals surface area contributed by atoms with Crippen molar-refractivity contribution in [1.29, 1.82) is 0 Å². The Morgan fingerprint density at radius 3 is 2.86 bits per heavy atom. The summed E-state index contributed by atoms with van der Waals surface area (Å²) >= 11 is 0. The van der Waals surface area contributed by atoms with Crippen LogP contribution in [0.5, 0.6) is 0 Å². The largest absolute Gasteiger partial charge is 0.368 e. The second-order valence-corrected chi connectivity index (χ2v) is 5.21. The number of imidazole rings is 1. The first-order chi connectivity index (χ1) is 10.3. The van der Waals surface area contributed by atoms with Crippen molar-refractivity contribution in [3.8, 4) is 5.69 Å². The first kappa shape index (κ1) is 13.8. The molecule has 3 rings (SSSR count). The van der Waals surface area contributed by atoms with Gasteiger partial charge in [-0.25, -0.2) is 4.98 Å². The van der Waals surface area contributed by atoms with E-state index in [1.54, 1.807) is 12.5 Å². The van der Waals surface area contributed by atoms with Crippen LogP contribution in [0.3, 0.4) is 0 Å². The van der Waals surface area contributed by atoms with Gasteiger partial charge in [-0.2, -0.15) is 0 Å². The Morgan fingerprint density at radius 2 is 2.19 bits per heavy atom. The topological polar surface area (TPSA) is 56.2 Å². The Labute approximate surface area is 124 Å². The van der Waals surface area contributed by atoms with E-state index in [9.17, 15) is 4.79 Å². The number of hydrogen-bond donors (Lipinski definition) is 1. The average molecular weight is 285 g/mol. The van der Waals surface area contributed by atoms with Crippen molar-refractivity contribution in [2.45, 2.75) is 31.9 Å². The molecule has 21 heavy (non-hydrogen) atoms. The molecule has 1 aromatic heterocycles. The van der Waals surface area contributed by atoms with Crippen LogP contribution in [0.4, 0.5) is 0 Å². The quantitative estimate of drug-likeness (QED) is 0.935. The van der Waals surface area contributed by atoms with Crippen molar-refractivity contribution in [1.82, 2.24) is 14.9 Å². The van der Waals surface area contributed by atoms with Crippen LogP contribution in [0.2, 0.25) is 0 Å². The summed E-state index contributed by atoms with van der Waals surface area (Å²) in [6.07, 6.45) is 8.08. The fraction of sp³-hybridized carbons (Fsp3) is 0.375. The number of aromatic nitrogens is 2. The van der Waals surface area contributed by atoms with Crippen molar-refractivity contribution in [3.05, 3.63) is 48.5 Å². The van der Waals surface area contributed by atoms with Crippen LogP contribution in [-0.4, -0.2) is 28.2 Å². The summed E-state index contributed by atoms with van der Waals surface area (Å²) in [5.41, 5.74) is 2.13. The van der Waals surface area contributed by atoms with Gasteiger partial charge in [0.15, 0.2) is 0 Å². The van der Waals surface area contributed by atoms with E-state index in [-0.39, 0.29) is 12.0 Å². The lowest BCUT2D eigenvalue weighted by Gasteiger charge is -2.21. The summed E-state index contributed by atoms with van der Waals surface area (Å²) < 4.78 is 7.42. The Kier molecular flexibility index (Phi) is 4.31. The van der Waals surface area contributed by atoms with Crippen LogP contribution in [0.25, 0.3) is 5.69 Å². The van der Waals surface area contributed by atoms with Crippen LogP contribution in [-0.2, 0) is 16.1 Å². The zero-order valence-corrected chi connectivity index (χ0v) is 11.9. The van der Waals surface area contributed by atoms with E-state index in [0.717, 1.165) is 30.5 Å². The fourth-order valence-corrected chi connectivity index (χ4v) is 2.45. The number of ether oxygens (including phenoxy) is 1. The monoisotopic (exact) mass is 285 g/mol. The highest BCUT2D eigenvalue weighted by Crippen LogP contribution is 2.13. The van der Waals surface area contributed by atoms with Crippen molar-refractivity contribution in [3.63, 3.8) is 0 Å². The van der Waals surface area contributed by atoms with Gasteiger partial charge in [0.1, 0.15) is 6.10 Å². The van der Waals surface area contributed by atoms with Crippen molar-refractivity contribution in [2.75, 3.05) is 6.61 Å². The molecule has 5 heteroatoms. The maximum absolute atomic E-state index is 12.0. The molecule has 1 fully saturated rings. The third-order valence-corrected chi connectivity index (χ3v) is 3.68. The highest BCUT2D eigenvalue weighted by atomic mass is 16.5. The van der Waals surface area contributed by atoms with Gasteiger partial charge in [-0.1, -0.05) is 12.1 Å². The van der Waals surface area contributed by atoms with E-state index in [1.807, 2.05) is 35.0 Å². The minimum absolute atomic E-state index is 0.00612. The highest BCUT2D eigenvalue weighted by Gasteiger charge is 2.21. The zero-order valence-electron chi connectivity index (χ0n) is 11.9. The summed E-state index contributed by atoms with van der Waals surface area (Å²) in [6, 6.07) is 8.05. The number of nitrogens with zero attached hydrogens (tertiary/aromatic N) is 2. The average Bonchev–Trinajstić information content (AvgIpc) is 3.08. The standard InChI is InChI=1S/C16H19N3O2/c20-16(15-3-1-2-10-21-15)18-11-13-4-6-14(7-5-13)19-9-8-17-12-19/h4-9,12,15H,1-3,10-11H2,(H,18,20)/t15-/m0/s1. The first-order valence-electron chi connectivity index (χ1n) is 7.29. The molecule has 1 aromatic carbocycles. The van der Waals surface area contributed by atoms with Gasteiger partial charge < -0.3 is 14.6 Å². The fourth-order valence-electron chi connectivity index (χ4n) is 2.45. The van der Waals surface area contributed by atoms with Gasteiger partial charge in [0.2, 0.25) is 5.91 Å². The molecule has 0 radical (unpaired) electrons. The zero-order chi connectivity index (χ0) is 14.5. The van der Waals surface area contributed by atoms with Gasteiger partial charge in [-0.3, -0.25) is 4.79 Å². The molecule has 0 spiro atoms. The molecule has 110 valence electrons. The third kappa shape index (κ3) is 3.49. The minimum Gasteiger partial charge on any atom is -0.368 e. The Hall–Kier alpha value is -2.14. The molecule has 2 heterocycles. The lowest BCUT2D eigenvalue weighted by atomic mass is 10.1. The molecule has 0 aliphatic carbocycles. The summed E-state index contributed by atoms with van der Waals surface area (Å²) in [6.45, 7) is 1.22. The number of benzene rings is 1. The molecule has 0 bridgehead atoms. The minimum atomic E-state index is -0.274. The summed E-state index contributed by atoms with van der Waals surface area (Å²) in [5, 5.41) is 2.94. The lowest BCUT2D eigenvalue weighted by molar-refractivity contribution is -0.135. The second kappa shape index (κ2) is 6.54. The van der Waals surface area contributed by atoms with Crippen LogP contribution in [0.15, 0.2) is 43.0 Å². The number of rotatable bonds is 4. The van der Waals surface area contributed by atoms with Gasteiger partial charge in [0, 0.05) is 31.2 Å². The molecule has 5 nitrogen and oxygen atoms in total. The van der Waals surface area contributed by atoms with Gasteiger partial charge in [-0.05, 0) is 37.0 Å². The van der Waals surface area contributed by atoms with Crippen LogP contribution >= 0.6 is 0 Å². The molecule has 0 unspecified atom stereocenters. The van der Waals surface area contributed by atoms with E-state index in [4.69, 9.17) is 4.74 Å². The molecule has 1 aliphatic heterocycles. The van der Waals surface area contributed by atoms with Crippen LogP contribution < -0.4 is 5.32 Å². The maximum Gasteiger partial charge on any atom is 0.249 e. The number of nitrogens with one attached hydrogen (secondary N) is 1. The number of carbonyl (C=O) groups excluding carboxylic acids is 1. The van der Waals surface area contributed by atoms with E-state index in [0.29, 0.717) is 13.2 Å². The molecule has 1 saturated heterocycles. The summed E-state index contributed by atoms with van der Waals surface area (Å²) in [7, 11) is 0. The first-order valence-corrected chi connectivity index (χ1v) is 7.29. The van der Waals surface area contributed by atoms with E-state index < -0.39 is 0 Å². The molecule has 1 aliphatic rings. The lowest BCUT2D eigenvalue weighted by Crippen LogP contribution is -2.37. The predicted molar refractivity (Wildman–Crippen MR) is 79.0 cm³/mol. The molecule has 1 amide bonds. The van der Waals surface area contributed by atoms with Crippen LogP contribution in [0.1, 0.15) is 24.8 Å². The van der Waals surface area contributed by atoms with Crippen molar-refractivity contribution < 1.29 is 9.53 Å². The number of amides is 1. The molecular weight excluding hydrogens is 266 g/mol. The smallest absolute Gasteiger partial charge is 0.249 e. The summed E-state index contributed by atoms with van der Waals surface area (Å²) in [5.74, 6) is -0.00612. The van der Waals surface area contributed by atoms with Crippen molar-refractivity contribution >= 4 is 5.91 Å². The van der Waals surface area contributed by atoms with Crippen molar-refractivity contribution in [2.24, 2.45) is 0 Å². The summed E-state index contributed by atoms with van der Waals surface area (Å²) in [4.78, 5) is 16.0. The number of hydrogen-bond acceptors (Lipinski definition) is 3. The molecule has 2 aromatic rings. The van der Waals surface area contributed by atoms with E-state index in [2.05, 4.69) is 10.3 Å². The molecular formula is C16H19N3O2. The molecule has 1 N–H and O–H groups in total. The molecule has 0 saturated carbocycles. The van der Waals surface area contributed by atoms with Gasteiger partial charge >= 0.3 is 0 Å². The van der Waals surface area contributed by atoms with Crippen LogP contribution in [0, 0.1) is 0 Å². The predicted octanol–water partition coefficient (Wildman–Crippen LogP) is 2.06. The van der Waals surface area contributed by atoms with E-state index in [1.165, 1.54) is 0 Å². The van der Waals surface area contributed by atoms with E-state index >= 15 is 0 Å². The highest BCUT2D eigenvalue weighted by molar-refractivity contribution is 5.80. The Balaban J connectivity index is 1.54. The Morgan fingerprint density at radius 1 is 1.33 bits per heavy atom. The second-order valence-electron chi connectivity index (χ2n) is 5.21. The van der Waals surface area contributed by atoms with Gasteiger partial charge in [-0.15, -0.1) is 0 Å². The van der Waals surface area contributed by atoms with Gasteiger partial charge in [0.05, 0.1) is 6.33 Å². The van der Waals surface area contributed by atoms with Gasteiger partial charge in [0.25, 0.3) is 0 Å². The maximum atomic E-state index is 12.0. The Bertz CT molecular complexity index is 572. The number of carbonyl (C=O) groups is 1. The SMILES string of the molecule is O=C(NCc1ccc(-n2ccnc2)cc1)[C@@H]1CCCCO1.